The van der Waals surface area contributed by atoms with E-state index in [2.05, 4.69) is 24.5 Å². The normalized spacial score (nSPS) is 20.7. The molecule has 12 heteroatoms. The van der Waals surface area contributed by atoms with Gasteiger partial charge in [0.1, 0.15) is 30.5 Å². The number of rotatable bonds is 42. The molecule has 1 aliphatic rings. The Labute approximate surface area is 372 Å². The Bertz CT molecular complexity index is 1010. The van der Waals surface area contributed by atoms with Crippen molar-refractivity contribution in [3.8, 4) is 0 Å². The topological polar surface area (TPSA) is 198 Å². The minimum atomic E-state index is -1.68. The van der Waals surface area contributed by atoms with Crippen molar-refractivity contribution in [1.82, 2.24) is 10.6 Å². The number of nitrogens with one attached hydrogen (secondary N) is 2. The van der Waals surface area contributed by atoms with E-state index in [9.17, 15) is 40.2 Å². The van der Waals surface area contributed by atoms with Crippen LogP contribution in [0.3, 0.4) is 0 Å². The maximum atomic E-state index is 12.9. The second-order valence-corrected chi connectivity index (χ2v) is 18.2. The van der Waals surface area contributed by atoms with Crippen molar-refractivity contribution < 1.29 is 49.7 Å². The SMILES string of the molecule is CCCCCCCCCCCCCCCCCCCCCCCC(=O)NC(=O)NC(CO[C@H]1O[C@H](CO)[C@H](O)[C@H](O)[C@H]1O)C(O)C(O)CCCCCCCCCCCCCC. The first-order valence-corrected chi connectivity index (χ1v) is 25.5. The molecule has 1 aliphatic heterocycles. The lowest BCUT2D eigenvalue weighted by Crippen LogP contribution is -2.60. The molecule has 1 fully saturated rings. The Morgan fingerprint density at radius 1 is 0.541 bits per heavy atom. The maximum absolute atomic E-state index is 12.9. The molecule has 12 nitrogen and oxygen atoms in total. The van der Waals surface area contributed by atoms with Crippen molar-refractivity contribution in [2.24, 2.45) is 0 Å². The molecular weight excluding hydrogens is 777 g/mol. The third-order valence-electron chi connectivity index (χ3n) is 12.5. The quantitative estimate of drug-likeness (QED) is 0.0274. The van der Waals surface area contributed by atoms with E-state index in [4.69, 9.17) is 9.47 Å². The van der Waals surface area contributed by atoms with Gasteiger partial charge in [0.2, 0.25) is 5.91 Å². The maximum Gasteiger partial charge on any atom is 0.321 e. The van der Waals surface area contributed by atoms with E-state index in [0.717, 1.165) is 38.5 Å². The van der Waals surface area contributed by atoms with Gasteiger partial charge in [0, 0.05) is 6.42 Å². The molecule has 0 saturated carbocycles. The fourth-order valence-corrected chi connectivity index (χ4v) is 8.37. The highest BCUT2D eigenvalue weighted by molar-refractivity contribution is 5.94. The summed E-state index contributed by atoms with van der Waals surface area (Å²) in [4.78, 5) is 25.5. The fourth-order valence-electron chi connectivity index (χ4n) is 8.37. The monoisotopic (exact) mass is 873 g/mol. The van der Waals surface area contributed by atoms with Crippen molar-refractivity contribution in [3.05, 3.63) is 0 Å². The van der Waals surface area contributed by atoms with Gasteiger partial charge < -0.3 is 45.4 Å². The second-order valence-electron chi connectivity index (χ2n) is 18.2. The predicted octanol–water partition coefficient (Wildman–Crippen LogP) is 9.41. The number of urea groups is 1. The Kier molecular flexibility index (Phi) is 37.9. The molecule has 1 saturated heterocycles. The summed E-state index contributed by atoms with van der Waals surface area (Å²) in [5, 5.41) is 67.1. The van der Waals surface area contributed by atoms with Crippen LogP contribution in [0.4, 0.5) is 4.79 Å². The number of aliphatic hydroxyl groups is 6. The molecule has 3 amide bonds. The summed E-state index contributed by atoms with van der Waals surface area (Å²) in [5.41, 5.74) is 0. The van der Waals surface area contributed by atoms with E-state index < -0.39 is 74.1 Å². The number of hydrogen-bond donors (Lipinski definition) is 8. The molecule has 61 heavy (non-hydrogen) atoms. The summed E-state index contributed by atoms with van der Waals surface area (Å²) in [5.74, 6) is -0.449. The molecule has 0 spiro atoms. The van der Waals surface area contributed by atoms with E-state index in [1.807, 2.05) is 0 Å². The fraction of sp³-hybridized carbons (Fsp3) is 0.959. The lowest BCUT2D eigenvalue weighted by Gasteiger charge is -2.40. The molecule has 8 N–H and O–H groups in total. The predicted molar refractivity (Wildman–Crippen MR) is 245 cm³/mol. The number of carbonyl (C=O) groups is 2. The minimum absolute atomic E-state index is 0.183. The van der Waals surface area contributed by atoms with Crippen LogP contribution in [-0.2, 0) is 14.3 Å². The van der Waals surface area contributed by atoms with Gasteiger partial charge >= 0.3 is 6.03 Å². The first kappa shape index (κ1) is 57.6. The zero-order valence-corrected chi connectivity index (χ0v) is 39.1. The molecule has 8 atom stereocenters. The van der Waals surface area contributed by atoms with Crippen LogP contribution in [0.25, 0.3) is 0 Å². The summed E-state index contributed by atoms with van der Waals surface area (Å²) in [6, 6.07) is -2.07. The van der Waals surface area contributed by atoms with Gasteiger partial charge in [-0.3, -0.25) is 10.1 Å². The van der Waals surface area contributed by atoms with Crippen LogP contribution in [0.1, 0.15) is 239 Å². The molecule has 0 aromatic rings. The smallest absolute Gasteiger partial charge is 0.321 e. The van der Waals surface area contributed by atoms with E-state index in [1.54, 1.807) is 0 Å². The van der Waals surface area contributed by atoms with E-state index in [-0.39, 0.29) is 12.8 Å². The Morgan fingerprint density at radius 2 is 0.918 bits per heavy atom. The highest BCUT2D eigenvalue weighted by Crippen LogP contribution is 2.23. The van der Waals surface area contributed by atoms with E-state index in [0.29, 0.717) is 12.8 Å². The number of unbranched alkanes of at least 4 members (excludes halogenated alkanes) is 31. The lowest BCUT2D eigenvalue weighted by molar-refractivity contribution is -0.303. The van der Waals surface area contributed by atoms with Crippen LogP contribution in [0.5, 0.6) is 0 Å². The standard InChI is InChI=1S/C49H96N2O10/c1-3-5-7-9-11-13-15-17-18-19-20-21-22-23-24-25-27-29-31-33-35-37-43(54)51-49(59)50-40(39-60-48-47(58)46(57)45(56)42(38-52)61-48)44(55)41(53)36-34-32-30-28-26-16-14-12-10-8-6-4-2/h40-42,44-48,52-53,55-58H,3-39H2,1-2H3,(H2,50,51,54,59)/t40?,41?,42-,44?,45+,46+,47-,48+/m1/s1. The molecule has 362 valence electrons. The van der Waals surface area contributed by atoms with Crippen molar-refractivity contribution in [1.29, 1.82) is 0 Å². The molecule has 0 aromatic heterocycles. The number of hydrogen-bond acceptors (Lipinski definition) is 10. The molecule has 1 rings (SSSR count). The molecule has 3 unspecified atom stereocenters. The third kappa shape index (κ3) is 30.4. The van der Waals surface area contributed by atoms with Crippen LogP contribution in [-0.4, -0.2) is 105 Å². The summed E-state index contributed by atoms with van der Waals surface area (Å²) in [6.45, 7) is 3.40. The van der Waals surface area contributed by atoms with Gasteiger partial charge in [-0.15, -0.1) is 0 Å². The summed E-state index contributed by atoms with van der Waals surface area (Å²) >= 11 is 0. The van der Waals surface area contributed by atoms with Crippen LogP contribution < -0.4 is 10.6 Å². The van der Waals surface area contributed by atoms with Gasteiger partial charge in [-0.1, -0.05) is 219 Å². The highest BCUT2D eigenvalue weighted by atomic mass is 16.7. The number of imide groups is 1. The average Bonchev–Trinajstić information content (AvgIpc) is 3.25. The molecular formula is C49H96N2O10. The third-order valence-corrected chi connectivity index (χ3v) is 12.5. The number of carbonyl (C=O) groups excluding carboxylic acids is 2. The van der Waals surface area contributed by atoms with Gasteiger partial charge in [-0.05, 0) is 12.8 Å². The molecule has 0 radical (unpaired) electrons. The van der Waals surface area contributed by atoms with Crippen molar-refractivity contribution in [3.63, 3.8) is 0 Å². The average molecular weight is 873 g/mol. The van der Waals surface area contributed by atoms with Crippen LogP contribution >= 0.6 is 0 Å². The van der Waals surface area contributed by atoms with E-state index >= 15 is 0 Å². The summed E-state index contributed by atoms with van der Waals surface area (Å²) in [6.07, 6.45) is 30.9. The first-order valence-electron chi connectivity index (χ1n) is 25.5. The number of amides is 3. The Hall–Kier alpha value is -1.38. The number of ether oxygens (including phenoxy) is 2. The van der Waals surface area contributed by atoms with Crippen LogP contribution in [0.2, 0.25) is 0 Å². The lowest BCUT2D eigenvalue weighted by atomic mass is 9.98. The van der Waals surface area contributed by atoms with E-state index in [1.165, 1.54) is 161 Å². The van der Waals surface area contributed by atoms with Crippen molar-refractivity contribution in [2.75, 3.05) is 13.2 Å². The molecule has 1 heterocycles. The molecule has 0 aromatic carbocycles. The summed E-state index contributed by atoms with van der Waals surface area (Å²) < 4.78 is 11.0. The largest absolute Gasteiger partial charge is 0.394 e. The first-order chi connectivity index (χ1) is 29.7. The number of aliphatic hydroxyl groups excluding tert-OH is 6. The zero-order chi connectivity index (χ0) is 44.8. The van der Waals surface area contributed by atoms with Crippen LogP contribution in [0.15, 0.2) is 0 Å². The van der Waals surface area contributed by atoms with Gasteiger partial charge in [0.25, 0.3) is 0 Å². The Balaban J connectivity index is 2.33. The van der Waals surface area contributed by atoms with Gasteiger partial charge in [-0.2, -0.15) is 0 Å². The van der Waals surface area contributed by atoms with Gasteiger partial charge in [0.15, 0.2) is 6.29 Å². The van der Waals surface area contributed by atoms with Crippen molar-refractivity contribution in [2.45, 2.75) is 288 Å². The highest BCUT2D eigenvalue weighted by Gasteiger charge is 2.44. The summed E-state index contributed by atoms with van der Waals surface area (Å²) in [7, 11) is 0. The van der Waals surface area contributed by atoms with Gasteiger partial charge in [-0.25, -0.2) is 4.79 Å². The zero-order valence-electron chi connectivity index (χ0n) is 39.1. The van der Waals surface area contributed by atoms with Crippen molar-refractivity contribution >= 4 is 11.9 Å². The minimum Gasteiger partial charge on any atom is -0.394 e. The second kappa shape index (κ2) is 40.2. The molecule has 0 bridgehead atoms. The molecule has 0 aliphatic carbocycles. The van der Waals surface area contributed by atoms with Gasteiger partial charge in [0.05, 0.1) is 25.4 Å². The Morgan fingerprint density at radius 3 is 1.31 bits per heavy atom. The van der Waals surface area contributed by atoms with Crippen LogP contribution in [0, 0.1) is 0 Å².